The Balaban J connectivity index is 2.10. The van der Waals surface area contributed by atoms with E-state index in [0.717, 1.165) is 19.4 Å². The minimum atomic E-state index is -0.437. The molecule has 0 saturated heterocycles. The third-order valence-electron chi connectivity index (χ3n) is 3.85. The van der Waals surface area contributed by atoms with Crippen molar-refractivity contribution in [2.75, 3.05) is 13.1 Å². The van der Waals surface area contributed by atoms with E-state index in [-0.39, 0.29) is 6.09 Å². The van der Waals surface area contributed by atoms with Crippen LogP contribution in [0.25, 0.3) is 5.57 Å². The summed E-state index contributed by atoms with van der Waals surface area (Å²) in [5.41, 5.74) is 4.92. The summed E-state index contributed by atoms with van der Waals surface area (Å²) in [7, 11) is 0. The van der Waals surface area contributed by atoms with Crippen LogP contribution >= 0.6 is 0 Å². The highest BCUT2D eigenvalue weighted by Gasteiger charge is 2.24. The SMILES string of the molecule is CCc1cc(C)ccc1C1=CCN(C(=O)OC(C)(C)C)CC1. The maximum Gasteiger partial charge on any atom is 0.410 e. The zero-order valence-corrected chi connectivity index (χ0v) is 14.4. The Bertz CT molecular complexity index is 582. The summed E-state index contributed by atoms with van der Waals surface area (Å²) in [6.45, 7) is 11.4. The molecule has 1 aliphatic heterocycles. The molecule has 0 aromatic heterocycles. The second-order valence-corrected chi connectivity index (χ2v) is 6.92. The van der Waals surface area contributed by atoms with Crippen LogP contribution in [0.4, 0.5) is 4.79 Å². The molecule has 3 heteroatoms. The predicted octanol–water partition coefficient (Wildman–Crippen LogP) is 4.58. The Labute approximate surface area is 134 Å². The van der Waals surface area contributed by atoms with E-state index in [1.165, 1.54) is 22.3 Å². The van der Waals surface area contributed by atoms with Gasteiger partial charge in [0.05, 0.1) is 0 Å². The van der Waals surface area contributed by atoms with Crippen LogP contribution in [-0.4, -0.2) is 29.7 Å². The molecule has 120 valence electrons. The van der Waals surface area contributed by atoms with E-state index in [9.17, 15) is 4.79 Å². The Morgan fingerprint density at radius 2 is 2.05 bits per heavy atom. The van der Waals surface area contributed by atoms with Crippen LogP contribution in [0.1, 0.15) is 50.8 Å². The fourth-order valence-corrected chi connectivity index (χ4v) is 2.73. The number of nitrogens with zero attached hydrogens (tertiary/aromatic N) is 1. The molecule has 1 aliphatic rings. The molecule has 1 heterocycles. The number of amides is 1. The van der Waals surface area contributed by atoms with Crippen LogP contribution in [-0.2, 0) is 11.2 Å². The van der Waals surface area contributed by atoms with Crippen molar-refractivity contribution >= 4 is 11.7 Å². The summed E-state index contributed by atoms with van der Waals surface area (Å²) in [6.07, 6.45) is 3.86. The molecule has 0 atom stereocenters. The summed E-state index contributed by atoms with van der Waals surface area (Å²) >= 11 is 0. The van der Waals surface area contributed by atoms with E-state index in [1.54, 1.807) is 4.90 Å². The predicted molar refractivity (Wildman–Crippen MR) is 91.0 cm³/mol. The van der Waals surface area contributed by atoms with Gasteiger partial charge in [-0.3, -0.25) is 0 Å². The van der Waals surface area contributed by atoms with E-state index >= 15 is 0 Å². The number of ether oxygens (including phenoxy) is 1. The van der Waals surface area contributed by atoms with Crippen molar-refractivity contribution in [2.45, 2.75) is 53.1 Å². The Hall–Kier alpha value is -1.77. The van der Waals surface area contributed by atoms with Crippen LogP contribution in [0, 0.1) is 6.92 Å². The van der Waals surface area contributed by atoms with Crippen molar-refractivity contribution in [2.24, 2.45) is 0 Å². The Kier molecular flexibility index (Phi) is 4.94. The number of hydrogen-bond acceptors (Lipinski definition) is 2. The summed E-state index contributed by atoms with van der Waals surface area (Å²) in [4.78, 5) is 13.9. The number of aryl methyl sites for hydroxylation is 2. The van der Waals surface area contributed by atoms with E-state index < -0.39 is 5.60 Å². The van der Waals surface area contributed by atoms with Crippen LogP contribution in [0.15, 0.2) is 24.3 Å². The lowest BCUT2D eigenvalue weighted by Crippen LogP contribution is -2.39. The first-order valence-corrected chi connectivity index (χ1v) is 8.07. The lowest BCUT2D eigenvalue weighted by molar-refractivity contribution is 0.0270. The molecular formula is C19H27NO2. The average molecular weight is 301 g/mol. The zero-order valence-electron chi connectivity index (χ0n) is 14.4. The highest BCUT2D eigenvalue weighted by Crippen LogP contribution is 2.27. The molecule has 0 unspecified atom stereocenters. The summed E-state index contributed by atoms with van der Waals surface area (Å²) < 4.78 is 5.44. The fourth-order valence-electron chi connectivity index (χ4n) is 2.73. The molecule has 1 aromatic carbocycles. The zero-order chi connectivity index (χ0) is 16.3. The molecular weight excluding hydrogens is 274 g/mol. The Morgan fingerprint density at radius 1 is 1.32 bits per heavy atom. The van der Waals surface area contributed by atoms with Crippen molar-refractivity contribution in [1.29, 1.82) is 0 Å². The standard InChI is InChI=1S/C19H27NO2/c1-6-15-13-14(2)7-8-17(15)16-9-11-20(12-10-16)18(21)22-19(3,4)5/h7-9,13H,6,10-12H2,1-5H3. The molecule has 1 aromatic rings. The normalized spacial score (nSPS) is 15.5. The minimum absolute atomic E-state index is 0.220. The lowest BCUT2D eigenvalue weighted by atomic mass is 9.92. The van der Waals surface area contributed by atoms with E-state index in [2.05, 4.69) is 38.1 Å². The molecule has 0 saturated carbocycles. The van der Waals surface area contributed by atoms with Gasteiger partial charge in [0, 0.05) is 13.1 Å². The monoisotopic (exact) mass is 301 g/mol. The first-order valence-electron chi connectivity index (χ1n) is 8.07. The van der Waals surface area contributed by atoms with Gasteiger partial charge in [-0.25, -0.2) is 4.79 Å². The average Bonchev–Trinajstić information content (AvgIpc) is 2.45. The van der Waals surface area contributed by atoms with Crippen LogP contribution in [0.3, 0.4) is 0 Å². The molecule has 3 nitrogen and oxygen atoms in total. The highest BCUT2D eigenvalue weighted by molar-refractivity contribution is 5.74. The van der Waals surface area contributed by atoms with Gasteiger partial charge in [-0.2, -0.15) is 0 Å². The van der Waals surface area contributed by atoms with Gasteiger partial charge in [0.25, 0.3) is 0 Å². The maximum atomic E-state index is 12.1. The van der Waals surface area contributed by atoms with Crippen molar-refractivity contribution in [1.82, 2.24) is 4.90 Å². The maximum absolute atomic E-state index is 12.1. The van der Waals surface area contributed by atoms with Crippen molar-refractivity contribution in [3.8, 4) is 0 Å². The van der Waals surface area contributed by atoms with Gasteiger partial charge < -0.3 is 9.64 Å². The molecule has 0 spiro atoms. The quantitative estimate of drug-likeness (QED) is 0.800. The highest BCUT2D eigenvalue weighted by atomic mass is 16.6. The van der Waals surface area contributed by atoms with Crippen LogP contribution < -0.4 is 0 Å². The van der Waals surface area contributed by atoms with Gasteiger partial charge in [0.2, 0.25) is 0 Å². The lowest BCUT2D eigenvalue weighted by Gasteiger charge is -2.30. The number of carbonyl (C=O) groups excluding carboxylic acids is 1. The summed E-state index contributed by atoms with van der Waals surface area (Å²) in [6, 6.07) is 6.63. The van der Waals surface area contributed by atoms with Crippen molar-refractivity contribution in [3.05, 3.63) is 41.0 Å². The fraction of sp³-hybridized carbons (Fsp3) is 0.526. The van der Waals surface area contributed by atoms with Gasteiger partial charge in [0.1, 0.15) is 5.60 Å². The molecule has 0 aliphatic carbocycles. The largest absolute Gasteiger partial charge is 0.444 e. The van der Waals surface area contributed by atoms with E-state index in [0.29, 0.717) is 6.54 Å². The first kappa shape index (κ1) is 16.6. The molecule has 0 N–H and O–H groups in total. The molecule has 0 radical (unpaired) electrons. The molecule has 2 rings (SSSR count). The third-order valence-corrected chi connectivity index (χ3v) is 3.85. The second kappa shape index (κ2) is 6.55. The van der Waals surface area contributed by atoms with E-state index in [1.807, 2.05) is 20.8 Å². The second-order valence-electron chi connectivity index (χ2n) is 6.92. The first-order chi connectivity index (χ1) is 10.3. The topological polar surface area (TPSA) is 29.5 Å². The molecule has 22 heavy (non-hydrogen) atoms. The molecule has 1 amide bonds. The summed E-state index contributed by atoms with van der Waals surface area (Å²) in [5, 5.41) is 0. The van der Waals surface area contributed by atoms with E-state index in [4.69, 9.17) is 4.74 Å². The number of carbonyl (C=O) groups is 1. The summed E-state index contributed by atoms with van der Waals surface area (Å²) in [5.74, 6) is 0. The molecule has 0 bridgehead atoms. The van der Waals surface area contributed by atoms with Gasteiger partial charge in [-0.05, 0) is 57.2 Å². The van der Waals surface area contributed by atoms with Crippen molar-refractivity contribution < 1.29 is 9.53 Å². The third kappa shape index (κ3) is 4.12. The van der Waals surface area contributed by atoms with Crippen molar-refractivity contribution in [3.63, 3.8) is 0 Å². The van der Waals surface area contributed by atoms with Gasteiger partial charge >= 0.3 is 6.09 Å². The number of hydrogen-bond donors (Lipinski definition) is 0. The van der Waals surface area contributed by atoms with Gasteiger partial charge in [-0.15, -0.1) is 0 Å². The van der Waals surface area contributed by atoms with Crippen LogP contribution in [0.2, 0.25) is 0 Å². The smallest absolute Gasteiger partial charge is 0.410 e. The Morgan fingerprint density at radius 3 is 2.59 bits per heavy atom. The van der Waals surface area contributed by atoms with Gasteiger partial charge in [-0.1, -0.05) is 36.8 Å². The van der Waals surface area contributed by atoms with Crippen LogP contribution in [0.5, 0.6) is 0 Å². The number of rotatable bonds is 2. The van der Waals surface area contributed by atoms with Gasteiger partial charge in [0.15, 0.2) is 0 Å². The molecule has 0 fully saturated rings. The minimum Gasteiger partial charge on any atom is -0.444 e. The number of benzene rings is 1.